The van der Waals surface area contributed by atoms with Crippen LogP contribution in [0, 0.1) is 10.1 Å². The Morgan fingerprint density at radius 2 is 2.31 bits per heavy atom. The predicted octanol–water partition coefficient (Wildman–Crippen LogP) is 2.40. The van der Waals surface area contributed by atoms with E-state index in [0.717, 1.165) is 6.42 Å². The van der Waals surface area contributed by atoms with Crippen LogP contribution in [0.2, 0.25) is 5.02 Å². The number of nitro benzene ring substituents is 1. The lowest BCUT2D eigenvalue weighted by Gasteiger charge is -2.16. The molecule has 0 aliphatic carbocycles. The Balaban J connectivity index is 3.05. The van der Waals surface area contributed by atoms with Crippen LogP contribution in [0.15, 0.2) is 18.2 Å². The van der Waals surface area contributed by atoms with Gasteiger partial charge in [0.05, 0.1) is 9.95 Å². The molecule has 0 fully saturated rings. The molecule has 88 valence electrons. The average Bonchev–Trinajstić information content (AvgIpc) is 2.27. The maximum atomic E-state index is 10.8. The summed E-state index contributed by atoms with van der Waals surface area (Å²) in [5.41, 5.74) is 5.84. The number of benzene rings is 1. The lowest BCUT2D eigenvalue weighted by molar-refractivity contribution is -0.384. The van der Waals surface area contributed by atoms with Gasteiger partial charge in [0.15, 0.2) is 0 Å². The highest BCUT2D eigenvalue weighted by molar-refractivity contribution is 6.33. The second-order valence-electron chi connectivity index (χ2n) is 3.38. The molecule has 5 nitrogen and oxygen atoms in total. The number of halogens is 1. The first kappa shape index (κ1) is 12.7. The van der Waals surface area contributed by atoms with Crippen LogP contribution in [-0.2, 0) is 0 Å². The molecule has 1 rings (SSSR count). The molecule has 0 aliphatic heterocycles. The fourth-order valence-electron chi connectivity index (χ4n) is 1.34. The molecule has 0 radical (unpaired) electrons. The first-order valence-electron chi connectivity index (χ1n) is 4.99. The lowest BCUT2D eigenvalue weighted by Crippen LogP contribution is -2.28. The van der Waals surface area contributed by atoms with E-state index in [0.29, 0.717) is 17.3 Å². The van der Waals surface area contributed by atoms with Crippen LogP contribution in [0.1, 0.15) is 13.3 Å². The Bertz CT molecular complexity index is 380. The number of para-hydroxylation sites is 1. The van der Waals surface area contributed by atoms with Gasteiger partial charge in [-0.05, 0) is 12.5 Å². The van der Waals surface area contributed by atoms with Gasteiger partial charge in [-0.1, -0.05) is 24.6 Å². The molecule has 16 heavy (non-hydrogen) atoms. The molecule has 1 aromatic carbocycles. The van der Waals surface area contributed by atoms with Crippen LogP contribution in [0.25, 0.3) is 0 Å². The van der Waals surface area contributed by atoms with E-state index in [2.05, 4.69) is 5.32 Å². The summed E-state index contributed by atoms with van der Waals surface area (Å²) in [6.07, 6.45) is 0.777. The maximum Gasteiger partial charge on any atom is 0.293 e. The molecule has 1 aromatic rings. The van der Waals surface area contributed by atoms with E-state index < -0.39 is 4.92 Å². The molecule has 0 bridgehead atoms. The average molecular weight is 244 g/mol. The van der Waals surface area contributed by atoms with E-state index in [9.17, 15) is 10.1 Å². The molecule has 0 heterocycles. The molecule has 6 heteroatoms. The molecule has 0 aromatic heterocycles. The zero-order valence-electron chi connectivity index (χ0n) is 8.94. The Hall–Kier alpha value is -1.33. The van der Waals surface area contributed by atoms with E-state index in [1.807, 2.05) is 6.92 Å². The molecule has 1 atom stereocenters. The molecule has 0 saturated heterocycles. The monoisotopic (exact) mass is 243 g/mol. The van der Waals surface area contributed by atoms with Gasteiger partial charge in [-0.15, -0.1) is 0 Å². The summed E-state index contributed by atoms with van der Waals surface area (Å²) >= 11 is 5.92. The van der Waals surface area contributed by atoms with Gasteiger partial charge in [0.2, 0.25) is 0 Å². The summed E-state index contributed by atoms with van der Waals surface area (Å²) in [6.45, 7) is 2.35. The highest BCUT2D eigenvalue weighted by Crippen LogP contribution is 2.32. The van der Waals surface area contributed by atoms with Crippen molar-refractivity contribution in [3.8, 4) is 0 Å². The quantitative estimate of drug-likeness (QED) is 0.615. The summed E-state index contributed by atoms with van der Waals surface area (Å²) in [4.78, 5) is 10.3. The van der Waals surface area contributed by atoms with Gasteiger partial charge in [-0.2, -0.15) is 0 Å². The van der Waals surface area contributed by atoms with Crippen LogP contribution in [0.4, 0.5) is 11.4 Å². The first-order chi connectivity index (χ1) is 7.60. The Kier molecular flexibility index (Phi) is 4.52. The van der Waals surface area contributed by atoms with Crippen molar-refractivity contribution in [1.82, 2.24) is 0 Å². The van der Waals surface area contributed by atoms with Crippen molar-refractivity contribution in [2.75, 3.05) is 11.9 Å². The standard InChI is InChI=1S/C10H14ClN3O2/c1-2-7(6-12)13-10-8(11)4-3-5-9(10)14(15)16/h3-5,7,13H,2,6,12H2,1H3. The number of anilines is 1. The van der Waals surface area contributed by atoms with Crippen molar-refractivity contribution in [3.05, 3.63) is 33.3 Å². The van der Waals surface area contributed by atoms with Gasteiger partial charge in [-0.3, -0.25) is 10.1 Å². The fraction of sp³-hybridized carbons (Fsp3) is 0.400. The summed E-state index contributed by atoms with van der Waals surface area (Å²) in [5, 5.41) is 14.1. The molecule has 0 saturated carbocycles. The molecule has 0 amide bonds. The number of nitro groups is 1. The van der Waals surface area contributed by atoms with Crippen molar-refractivity contribution in [2.45, 2.75) is 19.4 Å². The van der Waals surface area contributed by atoms with E-state index >= 15 is 0 Å². The largest absolute Gasteiger partial charge is 0.374 e. The first-order valence-corrected chi connectivity index (χ1v) is 5.37. The smallest absolute Gasteiger partial charge is 0.293 e. The molecule has 0 aliphatic rings. The second-order valence-corrected chi connectivity index (χ2v) is 3.78. The summed E-state index contributed by atoms with van der Waals surface area (Å²) in [5.74, 6) is 0. The minimum Gasteiger partial charge on any atom is -0.374 e. The summed E-state index contributed by atoms with van der Waals surface area (Å²) in [6, 6.07) is 4.56. The van der Waals surface area contributed by atoms with Crippen molar-refractivity contribution in [3.63, 3.8) is 0 Å². The van der Waals surface area contributed by atoms with Crippen molar-refractivity contribution < 1.29 is 4.92 Å². The van der Waals surface area contributed by atoms with Crippen LogP contribution in [0.5, 0.6) is 0 Å². The molecule has 0 spiro atoms. The molecule has 3 N–H and O–H groups in total. The van der Waals surface area contributed by atoms with E-state index in [1.165, 1.54) is 6.07 Å². The van der Waals surface area contributed by atoms with Crippen LogP contribution in [0.3, 0.4) is 0 Å². The number of nitrogens with one attached hydrogen (secondary N) is 1. The van der Waals surface area contributed by atoms with Crippen LogP contribution < -0.4 is 11.1 Å². The van der Waals surface area contributed by atoms with Gasteiger partial charge in [0, 0.05) is 18.7 Å². The van der Waals surface area contributed by atoms with Crippen LogP contribution in [-0.4, -0.2) is 17.5 Å². The SMILES string of the molecule is CCC(CN)Nc1c(Cl)cccc1[N+](=O)[O-]. The van der Waals surface area contributed by atoms with Crippen molar-refractivity contribution in [1.29, 1.82) is 0 Å². The minimum atomic E-state index is -0.461. The Morgan fingerprint density at radius 3 is 2.81 bits per heavy atom. The zero-order valence-corrected chi connectivity index (χ0v) is 9.70. The highest BCUT2D eigenvalue weighted by Gasteiger charge is 2.18. The minimum absolute atomic E-state index is 0.0152. The topological polar surface area (TPSA) is 81.2 Å². The van der Waals surface area contributed by atoms with Gasteiger partial charge in [0.1, 0.15) is 5.69 Å². The van der Waals surface area contributed by atoms with E-state index in [4.69, 9.17) is 17.3 Å². The van der Waals surface area contributed by atoms with E-state index in [-0.39, 0.29) is 11.7 Å². The number of nitrogens with zero attached hydrogens (tertiary/aromatic N) is 1. The number of hydrogen-bond donors (Lipinski definition) is 2. The Labute approximate surface area is 98.7 Å². The van der Waals surface area contributed by atoms with Crippen molar-refractivity contribution in [2.24, 2.45) is 5.73 Å². The van der Waals surface area contributed by atoms with Gasteiger partial charge in [-0.25, -0.2) is 0 Å². The highest BCUT2D eigenvalue weighted by atomic mass is 35.5. The van der Waals surface area contributed by atoms with E-state index in [1.54, 1.807) is 12.1 Å². The second kappa shape index (κ2) is 5.67. The lowest BCUT2D eigenvalue weighted by atomic mass is 10.2. The van der Waals surface area contributed by atoms with Crippen LogP contribution >= 0.6 is 11.6 Å². The summed E-state index contributed by atoms with van der Waals surface area (Å²) in [7, 11) is 0. The maximum absolute atomic E-state index is 10.8. The van der Waals surface area contributed by atoms with Crippen molar-refractivity contribution >= 4 is 23.0 Å². The Morgan fingerprint density at radius 1 is 1.62 bits per heavy atom. The number of hydrogen-bond acceptors (Lipinski definition) is 4. The third-order valence-electron chi connectivity index (χ3n) is 2.31. The fourth-order valence-corrected chi connectivity index (χ4v) is 1.56. The normalized spacial score (nSPS) is 12.2. The van der Waals surface area contributed by atoms with Gasteiger partial charge in [0.25, 0.3) is 5.69 Å². The number of nitrogens with two attached hydrogens (primary N) is 1. The molecule has 1 unspecified atom stereocenters. The molecular formula is C10H14ClN3O2. The third-order valence-corrected chi connectivity index (χ3v) is 2.63. The zero-order chi connectivity index (χ0) is 12.1. The molecular weight excluding hydrogens is 230 g/mol. The number of rotatable bonds is 5. The van der Waals surface area contributed by atoms with Gasteiger partial charge < -0.3 is 11.1 Å². The summed E-state index contributed by atoms with van der Waals surface area (Å²) < 4.78 is 0. The van der Waals surface area contributed by atoms with Gasteiger partial charge >= 0.3 is 0 Å². The predicted molar refractivity (Wildman–Crippen MR) is 64.9 cm³/mol. The third kappa shape index (κ3) is 2.84.